The number of H-pyrrole nitrogens is 1. The van der Waals surface area contributed by atoms with Crippen molar-refractivity contribution in [1.29, 1.82) is 0 Å². The molecule has 1 heterocycles. The summed E-state index contributed by atoms with van der Waals surface area (Å²) >= 11 is 1.56. The average Bonchev–Trinajstić information content (AvgIpc) is 2.79. The van der Waals surface area contributed by atoms with Crippen LogP contribution in [0.1, 0.15) is 6.92 Å². The maximum atomic E-state index is 12.2. The lowest BCUT2D eigenvalue weighted by atomic mass is 10.3. The van der Waals surface area contributed by atoms with Gasteiger partial charge in [-0.25, -0.2) is 8.42 Å². The fourth-order valence-electron chi connectivity index (χ4n) is 1.53. The van der Waals surface area contributed by atoms with Crippen LogP contribution in [0.5, 0.6) is 0 Å². The number of aromatic nitrogens is 2. The molecule has 0 saturated heterocycles. The topological polar surface area (TPSA) is 101 Å². The summed E-state index contributed by atoms with van der Waals surface area (Å²) in [6, 6.07) is 7.22. The largest absolute Gasteiger partial charge is 0.383 e. The van der Waals surface area contributed by atoms with E-state index in [1.165, 1.54) is 6.20 Å². The number of rotatable bonds is 5. The number of nitrogen functional groups attached to an aromatic ring is 1. The Bertz CT molecular complexity index is 667. The summed E-state index contributed by atoms with van der Waals surface area (Å²) in [5, 5.41) is 6.02. The third kappa shape index (κ3) is 3.02. The molecular formula is C11H14N4O2S2. The number of hydrogen-bond acceptors (Lipinski definition) is 5. The Morgan fingerprint density at radius 2 is 2.16 bits per heavy atom. The van der Waals surface area contributed by atoms with Crippen LogP contribution in [0.4, 0.5) is 11.5 Å². The first-order chi connectivity index (χ1) is 9.04. The van der Waals surface area contributed by atoms with Crippen molar-refractivity contribution in [3.05, 3.63) is 30.5 Å². The number of hydrogen-bond donors (Lipinski definition) is 3. The Labute approximate surface area is 115 Å². The first-order valence-electron chi connectivity index (χ1n) is 5.58. The normalized spacial score (nSPS) is 11.4. The molecule has 0 bridgehead atoms. The maximum Gasteiger partial charge on any atom is 0.267 e. The zero-order valence-electron chi connectivity index (χ0n) is 10.3. The number of nitrogens with zero attached hydrogens (tertiary/aromatic N) is 1. The molecule has 6 nitrogen and oxygen atoms in total. The van der Waals surface area contributed by atoms with Crippen LogP contribution in [0.3, 0.4) is 0 Å². The number of thioether (sulfide) groups is 1. The Balaban J connectivity index is 2.34. The van der Waals surface area contributed by atoms with Gasteiger partial charge in [0.2, 0.25) is 0 Å². The molecule has 0 spiro atoms. The molecule has 0 aliphatic rings. The summed E-state index contributed by atoms with van der Waals surface area (Å²) in [6.07, 6.45) is 1.19. The van der Waals surface area contributed by atoms with E-state index < -0.39 is 10.0 Å². The molecule has 0 amide bonds. The lowest BCUT2D eigenvalue weighted by Crippen LogP contribution is -2.14. The van der Waals surface area contributed by atoms with Crippen LogP contribution in [0, 0.1) is 0 Å². The smallest absolute Gasteiger partial charge is 0.267 e. The van der Waals surface area contributed by atoms with E-state index in [-0.39, 0.29) is 10.7 Å². The molecule has 2 rings (SSSR count). The second-order valence-corrected chi connectivity index (χ2v) is 6.64. The van der Waals surface area contributed by atoms with Gasteiger partial charge in [-0.15, -0.1) is 11.8 Å². The minimum atomic E-state index is -3.72. The Morgan fingerprint density at radius 3 is 2.79 bits per heavy atom. The molecule has 102 valence electrons. The van der Waals surface area contributed by atoms with Gasteiger partial charge >= 0.3 is 0 Å². The van der Waals surface area contributed by atoms with Gasteiger partial charge in [0.1, 0.15) is 10.7 Å². The molecule has 19 heavy (non-hydrogen) atoms. The van der Waals surface area contributed by atoms with Crippen molar-refractivity contribution >= 4 is 33.3 Å². The van der Waals surface area contributed by atoms with E-state index in [0.717, 1.165) is 10.6 Å². The van der Waals surface area contributed by atoms with E-state index in [4.69, 9.17) is 5.73 Å². The first-order valence-corrected chi connectivity index (χ1v) is 8.05. The molecule has 0 saturated carbocycles. The van der Waals surface area contributed by atoms with Crippen LogP contribution in [-0.4, -0.2) is 24.4 Å². The lowest BCUT2D eigenvalue weighted by Gasteiger charge is -2.11. The minimum absolute atomic E-state index is 0.0214. The van der Waals surface area contributed by atoms with Crippen molar-refractivity contribution in [2.24, 2.45) is 0 Å². The highest BCUT2D eigenvalue weighted by Crippen LogP contribution is 2.29. The fourth-order valence-corrected chi connectivity index (χ4v) is 3.46. The van der Waals surface area contributed by atoms with Gasteiger partial charge in [0.25, 0.3) is 10.0 Å². The highest BCUT2D eigenvalue weighted by Gasteiger charge is 2.20. The first kappa shape index (κ1) is 13.8. The summed E-state index contributed by atoms with van der Waals surface area (Å²) in [4.78, 5) is 0.819. The Hall–Kier alpha value is -1.67. The summed E-state index contributed by atoms with van der Waals surface area (Å²) in [5.41, 5.74) is 6.07. The van der Waals surface area contributed by atoms with Crippen molar-refractivity contribution in [1.82, 2.24) is 10.2 Å². The van der Waals surface area contributed by atoms with E-state index in [0.29, 0.717) is 5.69 Å². The number of benzene rings is 1. The highest BCUT2D eigenvalue weighted by molar-refractivity contribution is 7.99. The third-order valence-electron chi connectivity index (χ3n) is 2.35. The summed E-state index contributed by atoms with van der Waals surface area (Å²) in [6.45, 7) is 2.00. The summed E-state index contributed by atoms with van der Waals surface area (Å²) in [7, 11) is -3.72. The van der Waals surface area contributed by atoms with Gasteiger partial charge in [0, 0.05) is 4.90 Å². The quantitative estimate of drug-likeness (QED) is 0.732. The SMILES string of the molecule is CCSc1ccccc1NS(=O)(=O)c1cn[nH]c1N. The number of para-hydroxylation sites is 1. The minimum Gasteiger partial charge on any atom is -0.383 e. The molecule has 0 aliphatic heterocycles. The predicted molar refractivity (Wildman–Crippen MR) is 76.6 cm³/mol. The Kier molecular flexibility index (Phi) is 4.01. The number of nitrogens with one attached hydrogen (secondary N) is 2. The highest BCUT2D eigenvalue weighted by atomic mass is 32.2. The number of aromatic amines is 1. The molecule has 1 aromatic carbocycles. The van der Waals surface area contributed by atoms with Crippen LogP contribution >= 0.6 is 11.8 Å². The predicted octanol–water partition coefficient (Wildman–Crippen LogP) is 1.90. The van der Waals surface area contributed by atoms with Gasteiger partial charge in [0.05, 0.1) is 11.9 Å². The molecule has 0 unspecified atom stereocenters. The summed E-state index contributed by atoms with van der Waals surface area (Å²) in [5.74, 6) is 0.875. The van der Waals surface area contributed by atoms with Crippen molar-refractivity contribution in [3.8, 4) is 0 Å². The van der Waals surface area contributed by atoms with Gasteiger partial charge in [-0.05, 0) is 17.9 Å². The second-order valence-electron chi connectivity index (χ2n) is 3.68. The molecule has 0 aliphatic carbocycles. The average molecular weight is 298 g/mol. The van der Waals surface area contributed by atoms with Crippen LogP contribution in [-0.2, 0) is 10.0 Å². The van der Waals surface area contributed by atoms with Gasteiger partial charge in [-0.3, -0.25) is 9.82 Å². The molecule has 0 fully saturated rings. The molecule has 2 aromatic rings. The van der Waals surface area contributed by atoms with Gasteiger partial charge in [0.15, 0.2) is 0 Å². The molecule has 8 heteroatoms. The number of sulfonamides is 1. The maximum absolute atomic E-state index is 12.2. The van der Waals surface area contributed by atoms with Gasteiger partial charge in [-0.1, -0.05) is 19.1 Å². The van der Waals surface area contributed by atoms with Gasteiger partial charge < -0.3 is 5.73 Å². The van der Waals surface area contributed by atoms with Crippen molar-refractivity contribution < 1.29 is 8.42 Å². The monoisotopic (exact) mass is 298 g/mol. The molecule has 0 atom stereocenters. The lowest BCUT2D eigenvalue weighted by molar-refractivity contribution is 0.601. The molecule has 4 N–H and O–H groups in total. The molecular weight excluding hydrogens is 284 g/mol. The third-order valence-corrected chi connectivity index (χ3v) is 4.70. The standard InChI is InChI=1S/C11H14N4O2S2/c1-2-18-9-6-4-3-5-8(9)15-19(16,17)10-7-13-14-11(10)12/h3-7,15H,2H2,1H3,(H3,12,13,14). The van der Waals surface area contributed by atoms with Crippen LogP contribution in [0.2, 0.25) is 0 Å². The zero-order valence-corrected chi connectivity index (χ0v) is 11.9. The van der Waals surface area contributed by atoms with Gasteiger partial charge in [-0.2, -0.15) is 5.10 Å². The van der Waals surface area contributed by atoms with E-state index >= 15 is 0 Å². The van der Waals surface area contributed by atoms with E-state index in [1.807, 2.05) is 19.1 Å². The molecule has 0 radical (unpaired) electrons. The van der Waals surface area contributed by atoms with Crippen LogP contribution in [0.25, 0.3) is 0 Å². The van der Waals surface area contributed by atoms with E-state index in [2.05, 4.69) is 14.9 Å². The summed E-state index contributed by atoms with van der Waals surface area (Å²) < 4.78 is 26.9. The van der Waals surface area contributed by atoms with E-state index in [1.54, 1.807) is 23.9 Å². The van der Waals surface area contributed by atoms with E-state index in [9.17, 15) is 8.42 Å². The van der Waals surface area contributed by atoms with Crippen molar-refractivity contribution in [2.45, 2.75) is 16.7 Å². The number of anilines is 2. The zero-order chi connectivity index (χ0) is 13.9. The fraction of sp³-hybridized carbons (Fsp3) is 0.182. The van der Waals surface area contributed by atoms with Crippen molar-refractivity contribution in [3.63, 3.8) is 0 Å². The second kappa shape index (κ2) is 5.54. The van der Waals surface area contributed by atoms with Crippen LogP contribution < -0.4 is 10.5 Å². The Morgan fingerprint density at radius 1 is 1.42 bits per heavy atom. The number of nitrogens with two attached hydrogens (primary N) is 1. The molecule has 1 aromatic heterocycles. The van der Waals surface area contributed by atoms with Crippen LogP contribution in [0.15, 0.2) is 40.3 Å². The van der Waals surface area contributed by atoms with Crippen molar-refractivity contribution in [2.75, 3.05) is 16.2 Å².